The molecule has 0 saturated heterocycles. The van der Waals surface area contributed by atoms with Gasteiger partial charge in [0.25, 0.3) is 0 Å². The molecule has 1 N–H and O–H groups in total. The van der Waals surface area contributed by atoms with Crippen molar-refractivity contribution in [2.75, 3.05) is 13.7 Å². The number of aliphatic carboxylic acids is 1. The van der Waals surface area contributed by atoms with Crippen LogP contribution in [0.15, 0.2) is 11.6 Å². The standard InChI is InChI=1S/C21H29NO3/c1-12(2)17-7-14-8-19(10-22)16-6-5-13(3)15(16)9-20(14,11-25-4)21(17,19)18(23)24/h7,12-16H,5-6,8-9,11H2,1-4H3,(H,23,24)/t13?,14?,15?,16?,19-,20+,21-/m0/s1. The minimum Gasteiger partial charge on any atom is -0.481 e. The van der Waals surface area contributed by atoms with E-state index in [2.05, 4.69) is 32.9 Å². The normalized spacial score (nSPS) is 49.8. The highest BCUT2D eigenvalue weighted by Gasteiger charge is 2.84. The summed E-state index contributed by atoms with van der Waals surface area (Å²) in [5.41, 5.74) is -1.31. The molecular formula is C21H29NO3. The highest BCUT2D eigenvalue weighted by Crippen LogP contribution is 2.83. The average Bonchev–Trinajstić information content (AvgIpc) is 3.12. The van der Waals surface area contributed by atoms with E-state index in [1.54, 1.807) is 7.11 Å². The van der Waals surface area contributed by atoms with E-state index < -0.39 is 22.2 Å². The molecule has 4 aliphatic rings. The third-order valence-electron chi connectivity index (χ3n) is 8.44. The summed E-state index contributed by atoms with van der Waals surface area (Å²) >= 11 is 0. The van der Waals surface area contributed by atoms with Crippen LogP contribution in [0.4, 0.5) is 0 Å². The molecule has 3 fully saturated rings. The molecule has 0 aliphatic heterocycles. The van der Waals surface area contributed by atoms with Gasteiger partial charge in [0.05, 0.1) is 18.1 Å². The van der Waals surface area contributed by atoms with E-state index in [4.69, 9.17) is 4.74 Å². The van der Waals surface area contributed by atoms with Crippen molar-refractivity contribution in [1.29, 1.82) is 5.26 Å². The first-order valence-corrected chi connectivity index (χ1v) is 9.68. The molecule has 136 valence electrons. The van der Waals surface area contributed by atoms with Gasteiger partial charge in [0.1, 0.15) is 5.41 Å². The van der Waals surface area contributed by atoms with Crippen LogP contribution < -0.4 is 0 Å². The SMILES string of the molecule is COC[C@]12CC3C(C)CCC3[C@@]3(C#N)CC1C=C(C(C)C)[C@@]23C(=O)O. The van der Waals surface area contributed by atoms with Gasteiger partial charge in [0, 0.05) is 12.5 Å². The number of carboxylic acids is 1. The second kappa shape index (κ2) is 5.10. The van der Waals surface area contributed by atoms with Gasteiger partial charge in [0.15, 0.2) is 0 Å². The van der Waals surface area contributed by atoms with Crippen LogP contribution in [0.25, 0.3) is 0 Å². The third kappa shape index (κ3) is 1.56. The molecular weight excluding hydrogens is 314 g/mol. The summed E-state index contributed by atoms with van der Waals surface area (Å²) in [6.45, 7) is 6.88. The Balaban J connectivity index is 2.02. The molecule has 4 bridgehead atoms. The zero-order valence-corrected chi connectivity index (χ0v) is 15.7. The number of hydrogen-bond donors (Lipinski definition) is 1. The number of hydrogen-bond acceptors (Lipinski definition) is 3. The summed E-state index contributed by atoms with van der Waals surface area (Å²) in [7, 11) is 1.68. The van der Waals surface area contributed by atoms with Gasteiger partial charge in [0.2, 0.25) is 0 Å². The first-order valence-electron chi connectivity index (χ1n) is 9.68. The van der Waals surface area contributed by atoms with E-state index in [9.17, 15) is 15.2 Å². The molecule has 25 heavy (non-hydrogen) atoms. The van der Waals surface area contributed by atoms with Crippen LogP contribution in [0.3, 0.4) is 0 Å². The molecule has 4 aliphatic carbocycles. The summed E-state index contributed by atoms with van der Waals surface area (Å²) in [6.07, 6.45) is 5.92. The van der Waals surface area contributed by atoms with Crippen molar-refractivity contribution in [3.05, 3.63) is 11.6 Å². The maximum absolute atomic E-state index is 13.0. The molecule has 0 radical (unpaired) electrons. The Labute approximate surface area is 150 Å². The van der Waals surface area contributed by atoms with Gasteiger partial charge in [-0.1, -0.05) is 38.8 Å². The lowest BCUT2D eigenvalue weighted by Crippen LogP contribution is -2.62. The van der Waals surface area contributed by atoms with Crippen molar-refractivity contribution in [1.82, 2.24) is 0 Å². The number of nitriles is 1. The molecule has 0 aromatic heterocycles. The highest BCUT2D eigenvalue weighted by atomic mass is 16.5. The van der Waals surface area contributed by atoms with Crippen LogP contribution in [-0.4, -0.2) is 24.8 Å². The second-order valence-corrected chi connectivity index (χ2v) is 9.34. The lowest BCUT2D eigenvalue weighted by atomic mass is 9.43. The van der Waals surface area contributed by atoms with Crippen molar-refractivity contribution in [3.63, 3.8) is 0 Å². The summed E-state index contributed by atoms with van der Waals surface area (Å²) in [5.74, 6) is 0.733. The number of ether oxygens (including phenoxy) is 1. The highest BCUT2D eigenvalue weighted by molar-refractivity contribution is 5.85. The van der Waals surface area contributed by atoms with Crippen molar-refractivity contribution >= 4 is 5.97 Å². The lowest BCUT2D eigenvalue weighted by Gasteiger charge is -2.57. The van der Waals surface area contributed by atoms with Gasteiger partial charge in [-0.15, -0.1) is 0 Å². The molecule has 0 heterocycles. The monoisotopic (exact) mass is 343 g/mol. The van der Waals surface area contributed by atoms with Crippen LogP contribution >= 0.6 is 0 Å². The molecule has 0 spiro atoms. The topological polar surface area (TPSA) is 70.3 Å². The molecule has 0 amide bonds. The molecule has 0 aromatic rings. The smallest absolute Gasteiger partial charge is 0.316 e. The fraction of sp³-hybridized carbons (Fsp3) is 0.810. The Morgan fingerprint density at radius 2 is 2.16 bits per heavy atom. The summed E-state index contributed by atoms with van der Waals surface area (Å²) in [5, 5.41) is 21.1. The first-order chi connectivity index (χ1) is 11.8. The van der Waals surface area contributed by atoms with E-state index in [1.807, 2.05) is 0 Å². The first kappa shape index (κ1) is 17.1. The fourth-order valence-electron chi connectivity index (χ4n) is 7.80. The Morgan fingerprint density at radius 3 is 2.72 bits per heavy atom. The second-order valence-electron chi connectivity index (χ2n) is 9.34. The zero-order valence-electron chi connectivity index (χ0n) is 15.7. The Hall–Kier alpha value is -1.34. The van der Waals surface area contributed by atoms with E-state index in [1.165, 1.54) is 0 Å². The average molecular weight is 343 g/mol. The van der Waals surface area contributed by atoms with Gasteiger partial charge in [-0.25, -0.2) is 0 Å². The summed E-state index contributed by atoms with van der Waals surface area (Å²) in [4.78, 5) is 13.0. The van der Waals surface area contributed by atoms with Crippen LogP contribution in [0.2, 0.25) is 0 Å². The molecule has 7 atom stereocenters. The molecule has 0 aromatic carbocycles. The molecule has 4 heteroatoms. The van der Waals surface area contributed by atoms with Gasteiger partial charge in [-0.2, -0.15) is 5.26 Å². The number of carbonyl (C=O) groups is 1. The van der Waals surface area contributed by atoms with Gasteiger partial charge < -0.3 is 9.84 Å². The summed E-state index contributed by atoms with van der Waals surface area (Å²) in [6, 6.07) is 2.65. The number of allylic oxidation sites excluding steroid dienone is 1. The van der Waals surface area contributed by atoms with Gasteiger partial charge >= 0.3 is 5.97 Å². The molecule has 3 saturated carbocycles. The number of fused-ring (bicyclic) bond motifs is 2. The Bertz CT molecular complexity index is 692. The Kier molecular flexibility index (Phi) is 3.49. The van der Waals surface area contributed by atoms with Crippen LogP contribution in [0, 0.1) is 57.2 Å². The maximum Gasteiger partial charge on any atom is 0.316 e. The quantitative estimate of drug-likeness (QED) is 0.786. The number of rotatable bonds is 4. The van der Waals surface area contributed by atoms with E-state index in [-0.39, 0.29) is 17.8 Å². The van der Waals surface area contributed by atoms with Crippen molar-refractivity contribution in [2.45, 2.75) is 46.5 Å². The molecule has 4 nitrogen and oxygen atoms in total. The van der Waals surface area contributed by atoms with Gasteiger partial charge in [-0.3, -0.25) is 4.79 Å². The number of methoxy groups -OCH3 is 1. The van der Waals surface area contributed by atoms with Crippen molar-refractivity contribution in [2.24, 2.45) is 45.8 Å². The maximum atomic E-state index is 13.0. The Morgan fingerprint density at radius 1 is 1.44 bits per heavy atom. The van der Waals surface area contributed by atoms with Crippen molar-refractivity contribution < 1.29 is 14.6 Å². The minimum atomic E-state index is -1.07. The van der Waals surface area contributed by atoms with Crippen molar-refractivity contribution in [3.8, 4) is 6.07 Å². The predicted molar refractivity (Wildman–Crippen MR) is 93.4 cm³/mol. The largest absolute Gasteiger partial charge is 0.481 e. The van der Waals surface area contributed by atoms with E-state index >= 15 is 0 Å². The fourth-order valence-corrected chi connectivity index (χ4v) is 7.80. The number of carboxylic acid groups (broad SMARTS) is 1. The number of nitrogens with zero attached hydrogens (tertiary/aromatic N) is 1. The third-order valence-corrected chi connectivity index (χ3v) is 8.44. The van der Waals surface area contributed by atoms with Crippen LogP contribution in [0.1, 0.15) is 46.5 Å². The van der Waals surface area contributed by atoms with Crippen LogP contribution in [0.5, 0.6) is 0 Å². The lowest BCUT2D eigenvalue weighted by molar-refractivity contribution is -0.177. The summed E-state index contributed by atoms with van der Waals surface area (Å²) < 4.78 is 5.65. The van der Waals surface area contributed by atoms with E-state index in [0.717, 1.165) is 24.8 Å². The minimum absolute atomic E-state index is 0.140. The zero-order chi connectivity index (χ0) is 18.2. The van der Waals surface area contributed by atoms with Gasteiger partial charge in [-0.05, 0) is 48.9 Å². The molecule has 4 unspecified atom stereocenters. The van der Waals surface area contributed by atoms with Crippen LogP contribution in [-0.2, 0) is 9.53 Å². The molecule has 4 rings (SSSR count). The van der Waals surface area contributed by atoms with E-state index in [0.29, 0.717) is 24.9 Å². The predicted octanol–water partition coefficient (Wildman–Crippen LogP) is 3.88.